The lowest BCUT2D eigenvalue weighted by molar-refractivity contribution is -0.137. The van der Waals surface area contributed by atoms with E-state index in [1.165, 1.54) is 12.1 Å². The van der Waals surface area contributed by atoms with Gasteiger partial charge in [-0.25, -0.2) is 0 Å². The number of nitrogens with zero attached hydrogens (tertiary/aromatic N) is 2. The predicted molar refractivity (Wildman–Crippen MR) is 114 cm³/mol. The van der Waals surface area contributed by atoms with Crippen molar-refractivity contribution in [1.82, 2.24) is 9.47 Å². The fraction of sp³-hybridized carbons (Fsp3) is 0.348. The number of alkyl halides is 3. The maximum Gasteiger partial charge on any atom is 0.416 e. The van der Waals surface area contributed by atoms with Gasteiger partial charge in [-0.15, -0.1) is 0 Å². The third-order valence-corrected chi connectivity index (χ3v) is 5.00. The first-order valence-electron chi connectivity index (χ1n) is 9.99. The summed E-state index contributed by atoms with van der Waals surface area (Å²) in [6.07, 6.45) is -0.287. The number of carbonyl (C=O) groups is 1. The zero-order valence-electron chi connectivity index (χ0n) is 17.2. The lowest BCUT2D eigenvalue weighted by Gasteiger charge is -2.15. The van der Waals surface area contributed by atoms with Crippen LogP contribution in [0, 0.1) is 0 Å². The number of fused-ring (bicyclic) bond motifs is 1. The molecule has 1 aromatic heterocycles. The summed E-state index contributed by atoms with van der Waals surface area (Å²) in [5.41, 5.74) is 1.81. The van der Waals surface area contributed by atoms with Crippen molar-refractivity contribution in [1.29, 1.82) is 0 Å². The Balaban J connectivity index is 1.66. The highest BCUT2D eigenvalue weighted by atomic mass is 19.4. The van der Waals surface area contributed by atoms with E-state index in [9.17, 15) is 18.0 Å². The van der Waals surface area contributed by atoms with Gasteiger partial charge in [-0.05, 0) is 62.0 Å². The summed E-state index contributed by atoms with van der Waals surface area (Å²) in [7, 11) is 1.93. The number of unbranched alkanes of at least 4 members (excludes halogenated alkanes) is 1. The second kappa shape index (κ2) is 9.34. The summed E-state index contributed by atoms with van der Waals surface area (Å²) < 4.78 is 40.1. The van der Waals surface area contributed by atoms with Gasteiger partial charge in [-0.2, -0.15) is 13.2 Å². The minimum atomic E-state index is -4.33. The van der Waals surface area contributed by atoms with E-state index in [2.05, 4.69) is 12.2 Å². The van der Waals surface area contributed by atoms with Crippen molar-refractivity contribution in [3.8, 4) is 0 Å². The number of carbonyl (C=O) groups excluding carboxylic acids is 1. The third-order valence-electron chi connectivity index (χ3n) is 5.00. The van der Waals surface area contributed by atoms with Crippen LogP contribution in [0.4, 0.5) is 18.9 Å². The Morgan fingerprint density at radius 1 is 1.10 bits per heavy atom. The average molecular weight is 417 g/mol. The van der Waals surface area contributed by atoms with Crippen LogP contribution in [0.15, 0.2) is 54.7 Å². The van der Waals surface area contributed by atoms with E-state index < -0.39 is 11.7 Å². The molecule has 0 unspecified atom stereocenters. The summed E-state index contributed by atoms with van der Waals surface area (Å²) in [4.78, 5) is 14.2. The fourth-order valence-electron chi connectivity index (χ4n) is 3.36. The first kappa shape index (κ1) is 21.9. The van der Waals surface area contributed by atoms with Crippen LogP contribution in [-0.2, 0) is 17.5 Å². The smallest absolute Gasteiger partial charge is 0.343 e. The lowest BCUT2D eigenvalue weighted by Crippen LogP contribution is -2.30. The van der Waals surface area contributed by atoms with E-state index in [-0.39, 0.29) is 5.91 Å². The molecule has 1 heterocycles. The van der Waals surface area contributed by atoms with Gasteiger partial charge >= 0.3 is 6.18 Å². The minimum absolute atomic E-state index is 0.0582. The molecule has 0 saturated carbocycles. The number of benzene rings is 2. The largest absolute Gasteiger partial charge is 0.416 e. The molecule has 160 valence electrons. The molecule has 0 aliphatic heterocycles. The zero-order chi connectivity index (χ0) is 21.7. The van der Waals surface area contributed by atoms with Gasteiger partial charge in [0.15, 0.2) is 0 Å². The van der Waals surface area contributed by atoms with Gasteiger partial charge in [-0.3, -0.25) is 9.69 Å². The predicted octanol–water partition coefficient (Wildman–Crippen LogP) is 5.38. The van der Waals surface area contributed by atoms with Crippen molar-refractivity contribution >= 4 is 22.5 Å². The highest BCUT2D eigenvalue weighted by molar-refractivity contribution is 5.95. The summed E-state index contributed by atoms with van der Waals surface area (Å²) in [6, 6.07) is 12.8. The van der Waals surface area contributed by atoms with Crippen molar-refractivity contribution in [3.05, 3.63) is 65.9 Å². The molecule has 3 aromatic rings. The molecule has 30 heavy (non-hydrogen) atoms. The summed E-state index contributed by atoms with van der Waals surface area (Å²) in [6.45, 7) is 3.81. The van der Waals surface area contributed by atoms with Gasteiger partial charge in [0.1, 0.15) is 0 Å². The number of aromatic nitrogens is 1. The molecule has 4 nitrogen and oxygen atoms in total. The quantitative estimate of drug-likeness (QED) is 0.534. The van der Waals surface area contributed by atoms with Gasteiger partial charge in [0.25, 0.3) is 0 Å². The maximum absolute atomic E-state index is 12.7. The van der Waals surface area contributed by atoms with Crippen LogP contribution in [0.5, 0.6) is 0 Å². The van der Waals surface area contributed by atoms with E-state index in [1.807, 2.05) is 47.0 Å². The Hall–Kier alpha value is -2.80. The van der Waals surface area contributed by atoms with Crippen molar-refractivity contribution in [2.24, 2.45) is 0 Å². The van der Waals surface area contributed by atoms with Crippen molar-refractivity contribution in [3.63, 3.8) is 0 Å². The number of rotatable bonds is 8. The summed E-state index contributed by atoms with van der Waals surface area (Å²) in [5.74, 6) is -0.0582. The van der Waals surface area contributed by atoms with Crippen molar-refractivity contribution in [2.45, 2.75) is 32.5 Å². The SMILES string of the molecule is CCCCN(C)CC(=O)Nc1ccc2c(ccn2Cc2ccc(C(F)(F)F)cc2)c1. The summed E-state index contributed by atoms with van der Waals surface area (Å²) in [5, 5.41) is 3.88. The number of nitrogens with one attached hydrogen (secondary N) is 1. The maximum atomic E-state index is 12.7. The number of amides is 1. The van der Waals surface area contributed by atoms with E-state index in [0.29, 0.717) is 13.1 Å². The Morgan fingerprint density at radius 2 is 1.83 bits per heavy atom. The van der Waals surface area contributed by atoms with E-state index >= 15 is 0 Å². The van der Waals surface area contributed by atoms with Gasteiger partial charge in [0, 0.05) is 29.3 Å². The van der Waals surface area contributed by atoms with Crippen LogP contribution < -0.4 is 5.32 Å². The van der Waals surface area contributed by atoms with Crippen LogP contribution in [0.3, 0.4) is 0 Å². The normalized spacial score (nSPS) is 11.9. The van der Waals surface area contributed by atoms with Gasteiger partial charge < -0.3 is 9.88 Å². The molecule has 3 rings (SSSR count). The number of hydrogen-bond donors (Lipinski definition) is 1. The van der Waals surface area contributed by atoms with Crippen molar-refractivity contribution in [2.75, 3.05) is 25.5 Å². The van der Waals surface area contributed by atoms with Crippen LogP contribution in [0.25, 0.3) is 10.9 Å². The zero-order valence-corrected chi connectivity index (χ0v) is 17.2. The van der Waals surface area contributed by atoms with Crippen LogP contribution >= 0.6 is 0 Å². The highest BCUT2D eigenvalue weighted by Gasteiger charge is 2.29. The van der Waals surface area contributed by atoms with Crippen LogP contribution in [0.2, 0.25) is 0 Å². The average Bonchev–Trinajstić information content (AvgIpc) is 3.08. The minimum Gasteiger partial charge on any atom is -0.343 e. The number of halogens is 3. The van der Waals surface area contributed by atoms with Crippen molar-refractivity contribution < 1.29 is 18.0 Å². The Labute approximate surface area is 174 Å². The second-order valence-corrected chi connectivity index (χ2v) is 7.55. The molecule has 0 saturated heterocycles. The molecule has 0 radical (unpaired) electrons. The Kier molecular flexibility index (Phi) is 6.82. The standard InChI is InChI=1S/C23H26F3N3O/c1-3-4-12-28(2)16-22(30)27-20-9-10-21-18(14-20)11-13-29(21)15-17-5-7-19(8-6-17)23(24,25)26/h5-11,13-14H,3-4,12,15-16H2,1-2H3,(H,27,30). The Bertz CT molecular complexity index is 993. The topological polar surface area (TPSA) is 37.3 Å². The van der Waals surface area contributed by atoms with Gasteiger partial charge in [0.2, 0.25) is 5.91 Å². The van der Waals surface area contributed by atoms with Crippen LogP contribution in [0.1, 0.15) is 30.9 Å². The molecule has 1 N–H and O–H groups in total. The second-order valence-electron chi connectivity index (χ2n) is 7.55. The summed E-state index contributed by atoms with van der Waals surface area (Å²) >= 11 is 0. The monoisotopic (exact) mass is 417 g/mol. The fourth-order valence-corrected chi connectivity index (χ4v) is 3.36. The molecule has 0 atom stereocenters. The highest BCUT2D eigenvalue weighted by Crippen LogP contribution is 2.29. The number of anilines is 1. The first-order chi connectivity index (χ1) is 14.3. The molecule has 0 aliphatic carbocycles. The van der Waals surface area contributed by atoms with Gasteiger partial charge in [-0.1, -0.05) is 25.5 Å². The van der Waals surface area contributed by atoms with E-state index in [4.69, 9.17) is 0 Å². The van der Waals surface area contributed by atoms with E-state index in [0.717, 1.165) is 53.7 Å². The molecule has 2 aromatic carbocycles. The first-order valence-corrected chi connectivity index (χ1v) is 9.99. The van der Waals surface area contributed by atoms with Crippen LogP contribution in [-0.4, -0.2) is 35.5 Å². The molecule has 0 fully saturated rings. The molecule has 0 aliphatic rings. The molecule has 0 spiro atoms. The number of hydrogen-bond acceptors (Lipinski definition) is 2. The molecular formula is C23H26F3N3O. The molecule has 0 bridgehead atoms. The lowest BCUT2D eigenvalue weighted by atomic mass is 10.1. The van der Waals surface area contributed by atoms with E-state index in [1.54, 1.807) is 0 Å². The number of likely N-dealkylation sites (N-methyl/N-ethyl adjacent to an activating group) is 1. The third kappa shape index (κ3) is 5.63. The molecular weight excluding hydrogens is 391 g/mol. The molecule has 7 heteroatoms. The Morgan fingerprint density at radius 3 is 2.50 bits per heavy atom. The van der Waals surface area contributed by atoms with Gasteiger partial charge in [0.05, 0.1) is 12.1 Å². The molecule has 1 amide bonds.